The summed E-state index contributed by atoms with van der Waals surface area (Å²) in [7, 11) is -4.06. The number of sulfonamides is 2. The molecule has 284 valence electrons. The molecule has 0 spiro atoms. The first-order valence-electron chi connectivity index (χ1n) is 16.1. The van der Waals surface area contributed by atoms with Crippen LogP contribution in [-0.4, -0.2) is 61.1 Å². The summed E-state index contributed by atoms with van der Waals surface area (Å²) in [6.45, 7) is 0.960. The molecule has 0 aliphatic carbocycles. The molecule has 0 atom stereocenters. The molecule has 0 saturated heterocycles. The number of carbonyl (C=O) groups excluding carboxylic acids is 1. The van der Waals surface area contributed by atoms with E-state index in [4.69, 9.17) is 41.8 Å². The average Bonchev–Trinajstić information content (AvgIpc) is 3.61. The normalized spacial score (nSPS) is 11.8. The predicted molar refractivity (Wildman–Crippen MR) is 206 cm³/mol. The molecule has 1 heterocycles. The van der Waals surface area contributed by atoms with E-state index in [0.29, 0.717) is 27.1 Å². The molecule has 0 fully saturated rings. The monoisotopic (exact) mass is 814 g/mol. The maximum absolute atomic E-state index is 13.9. The fourth-order valence-electron chi connectivity index (χ4n) is 5.15. The van der Waals surface area contributed by atoms with Gasteiger partial charge in [-0.2, -0.15) is 9.41 Å². The van der Waals surface area contributed by atoms with Gasteiger partial charge in [0.15, 0.2) is 11.5 Å². The molecule has 5 rings (SSSR count). The molecule has 0 radical (unpaired) electrons. The number of nitrogens with zero attached hydrogens (tertiary/aromatic N) is 3. The van der Waals surface area contributed by atoms with Crippen molar-refractivity contribution >= 4 is 61.1 Å². The van der Waals surface area contributed by atoms with Crippen molar-refractivity contribution in [3.63, 3.8) is 0 Å². The van der Waals surface area contributed by atoms with E-state index in [-0.39, 0.29) is 45.8 Å². The number of methoxy groups -OCH3 is 3. The SMILES string of the molecule is COc1ccc(N(CC(=O)N/N=C\c2ccc(CN(Cc3ccc(Cl)cc3Cl)S(=O)(=O)c3ccc(C)cc3)o2)S(=O)(=O)c2ccc(OC)c(OC)c2)cc1. The van der Waals surface area contributed by atoms with E-state index in [2.05, 4.69) is 10.5 Å². The van der Waals surface area contributed by atoms with E-state index >= 15 is 0 Å². The molecule has 0 unspecified atom stereocenters. The van der Waals surface area contributed by atoms with Gasteiger partial charge in [0, 0.05) is 22.7 Å². The number of hydrogen-bond acceptors (Lipinski definition) is 10. The lowest BCUT2D eigenvalue weighted by atomic mass is 10.2. The van der Waals surface area contributed by atoms with Crippen molar-refractivity contribution in [2.75, 3.05) is 32.2 Å². The number of hydrazone groups is 1. The van der Waals surface area contributed by atoms with Crippen molar-refractivity contribution in [3.05, 3.63) is 130 Å². The van der Waals surface area contributed by atoms with Crippen molar-refractivity contribution in [2.45, 2.75) is 29.8 Å². The van der Waals surface area contributed by atoms with E-state index in [0.717, 1.165) is 9.87 Å². The summed E-state index contributed by atoms with van der Waals surface area (Å²) in [5, 5.41) is 4.66. The minimum atomic E-state index is -4.32. The van der Waals surface area contributed by atoms with Gasteiger partial charge in [0.05, 0.1) is 49.6 Å². The number of hydrogen-bond donors (Lipinski definition) is 1. The summed E-state index contributed by atoms with van der Waals surface area (Å²) in [5.74, 6) is 0.687. The summed E-state index contributed by atoms with van der Waals surface area (Å²) in [5.41, 5.74) is 3.94. The van der Waals surface area contributed by atoms with E-state index in [1.54, 1.807) is 48.5 Å². The van der Waals surface area contributed by atoms with Gasteiger partial charge >= 0.3 is 0 Å². The van der Waals surface area contributed by atoms with Gasteiger partial charge in [-0.1, -0.05) is 47.0 Å². The number of carbonyl (C=O) groups is 1. The molecule has 1 N–H and O–H groups in total. The van der Waals surface area contributed by atoms with Crippen LogP contribution < -0.4 is 23.9 Å². The van der Waals surface area contributed by atoms with Gasteiger partial charge in [-0.05, 0) is 85.3 Å². The van der Waals surface area contributed by atoms with Gasteiger partial charge in [0.25, 0.3) is 15.9 Å². The molecule has 0 aliphatic heterocycles. The van der Waals surface area contributed by atoms with Gasteiger partial charge in [-0.25, -0.2) is 22.3 Å². The zero-order valence-electron chi connectivity index (χ0n) is 29.5. The Hall–Kier alpha value is -5.06. The van der Waals surface area contributed by atoms with Crippen LogP contribution in [0.1, 0.15) is 22.6 Å². The molecular formula is C37H36Cl2N4O9S2. The molecule has 13 nitrogen and oxygen atoms in total. The third kappa shape index (κ3) is 9.53. The number of nitrogens with one attached hydrogen (secondary N) is 1. The number of benzene rings is 4. The maximum Gasteiger partial charge on any atom is 0.264 e. The summed E-state index contributed by atoms with van der Waals surface area (Å²) >= 11 is 12.5. The molecular weight excluding hydrogens is 779 g/mol. The van der Waals surface area contributed by atoms with Gasteiger partial charge in [-0.3, -0.25) is 9.10 Å². The lowest BCUT2D eigenvalue weighted by molar-refractivity contribution is -0.119. The number of furan rings is 1. The molecule has 17 heteroatoms. The summed E-state index contributed by atoms with van der Waals surface area (Å²) < 4.78 is 79.1. The summed E-state index contributed by atoms with van der Waals surface area (Å²) in [4.78, 5) is 13.1. The third-order valence-corrected chi connectivity index (χ3v) is 12.2. The lowest BCUT2D eigenvalue weighted by Crippen LogP contribution is -2.39. The Bertz CT molecular complexity index is 2350. The van der Waals surface area contributed by atoms with Crippen LogP contribution in [0.15, 0.2) is 116 Å². The van der Waals surface area contributed by atoms with Crippen LogP contribution in [0.2, 0.25) is 10.0 Å². The van der Waals surface area contributed by atoms with Crippen LogP contribution in [0.3, 0.4) is 0 Å². The molecule has 4 aromatic carbocycles. The molecule has 5 aromatic rings. The first-order chi connectivity index (χ1) is 25.7. The number of ether oxygens (including phenoxy) is 3. The largest absolute Gasteiger partial charge is 0.497 e. The van der Waals surface area contributed by atoms with Crippen molar-refractivity contribution < 1.29 is 40.3 Å². The van der Waals surface area contributed by atoms with Gasteiger partial charge in [-0.15, -0.1) is 0 Å². The van der Waals surface area contributed by atoms with Crippen LogP contribution in [0, 0.1) is 6.92 Å². The molecule has 0 saturated carbocycles. The summed E-state index contributed by atoms with van der Waals surface area (Å²) in [6.07, 6.45) is 1.21. The zero-order chi connectivity index (χ0) is 39.0. The first kappa shape index (κ1) is 40.1. The molecule has 54 heavy (non-hydrogen) atoms. The van der Waals surface area contributed by atoms with Crippen LogP contribution in [0.5, 0.6) is 17.2 Å². The second-order valence-corrected chi connectivity index (χ2v) is 16.3. The number of aryl methyl sites for hydroxylation is 1. The van der Waals surface area contributed by atoms with Crippen LogP contribution in [0.4, 0.5) is 5.69 Å². The highest BCUT2D eigenvalue weighted by Crippen LogP contribution is 2.33. The lowest BCUT2D eigenvalue weighted by Gasteiger charge is -2.24. The highest BCUT2D eigenvalue weighted by atomic mass is 35.5. The second-order valence-electron chi connectivity index (χ2n) is 11.6. The molecule has 1 aromatic heterocycles. The van der Waals surface area contributed by atoms with E-state index in [9.17, 15) is 21.6 Å². The second kappa shape index (κ2) is 17.4. The fourth-order valence-corrected chi connectivity index (χ4v) is 8.44. The Labute approximate surface area is 323 Å². The minimum absolute atomic E-state index is 0.0801. The third-order valence-electron chi connectivity index (χ3n) is 8.01. The number of anilines is 1. The van der Waals surface area contributed by atoms with Crippen LogP contribution >= 0.6 is 23.2 Å². The topological polar surface area (TPSA) is 157 Å². The maximum atomic E-state index is 13.9. The Morgan fingerprint density at radius 2 is 1.46 bits per heavy atom. The predicted octanol–water partition coefficient (Wildman–Crippen LogP) is 6.66. The highest BCUT2D eigenvalue weighted by Gasteiger charge is 2.29. The van der Waals surface area contributed by atoms with Crippen molar-refractivity contribution in [3.8, 4) is 17.2 Å². The fraction of sp³-hybridized carbons (Fsp3) is 0.189. The van der Waals surface area contributed by atoms with E-state index in [1.807, 2.05) is 6.92 Å². The highest BCUT2D eigenvalue weighted by molar-refractivity contribution is 7.92. The van der Waals surface area contributed by atoms with Crippen molar-refractivity contribution in [1.29, 1.82) is 0 Å². The van der Waals surface area contributed by atoms with Crippen LogP contribution in [0.25, 0.3) is 0 Å². The Morgan fingerprint density at radius 3 is 2.11 bits per heavy atom. The molecule has 1 amide bonds. The number of halogens is 2. The van der Waals surface area contributed by atoms with E-state index < -0.39 is 32.5 Å². The Morgan fingerprint density at radius 1 is 0.778 bits per heavy atom. The van der Waals surface area contributed by atoms with Gasteiger partial charge < -0.3 is 18.6 Å². The number of rotatable bonds is 16. The Balaban J connectivity index is 1.34. The standard InChI is InChI=1S/C37H36Cl2N4O9S2/c1-25-5-15-32(16-6-25)53(45,46)42(22-26-7-8-27(38)19-34(26)39)23-31-14-13-30(52-31)21-40-41-37(44)24-43(28-9-11-29(49-2)12-10-28)54(47,48)33-17-18-35(50-3)36(20-33)51-4/h5-21H,22-24H2,1-4H3,(H,41,44)/b40-21-. The zero-order valence-corrected chi connectivity index (χ0v) is 32.7. The number of amides is 1. The molecule has 0 bridgehead atoms. The van der Waals surface area contributed by atoms with Crippen LogP contribution in [-0.2, 0) is 37.9 Å². The van der Waals surface area contributed by atoms with Crippen molar-refractivity contribution in [2.24, 2.45) is 5.10 Å². The smallest absolute Gasteiger partial charge is 0.264 e. The quantitative estimate of drug-likeness (QED) is 0.0850. The first-order valence-corrected chi connectivity index (χ1v) is 19.7. The van der Waals surface area contributed by atoms with E-state index in [1.165, 1.54) is 80.4 Å². The summed E-state index contributed by atoms with van der Waals surface area (Å²) in [6, 6.07) is 24.6. The van der Waals surface area contributed by atoms with Gasteiger partial charge in [0.1, 0.15) is 23.8 Å². The van der Waals surface area contributed by atoms with Gasteiger partial charge in [0.2, 0.25) is 10.0 Å². The average molecular weight is 816 g/mol. The van der Waals surface area contributed by atoms with Crippen molar-refractivity contribution in [1.82, 2.24) is 9.73 Å². The Kier molecular flexibility index (Phi) is 12.9. The molecule has 0 aliphatic rings. The minimum Gasteiger partial charge on any atom is -0.497 e.